The number of aryl methyl sites for hydroxylation is 1. The molecule has 0 bridgehead atoms. The van der Waals surface area contributed by atoms with Crippen LogP contribution in [-0.4, -0.2) is 24.3 Å². The molecule has 0 amide bonds. The SMILES string of the molecule is CCC1O[C@H]([C@H](C)c2ccc(Br)cc2C)C(OC(C)=O)[C@@H](C)[C@@H]1C. The first kappa shape index (κ1) is 19.5. The average Bonchev–Trinajstić information content (AvgIpc) is 2.51. The van der Waals surface area contributed by atoms with Gasteiger partial charge in [-0.15, -0.1) is 0 Å². The molecule has 2 rings (SSSR count). The van der Waals surface area contributed by atoms with Crippen LogP contribution in [0.3, 0.4) is 0 Å². The summed E-state index contributed by atoms with van der Waals surface area (Å²) in [6, 6.07) is 6.33. The lowest BCUT2D eigenvalue weighted by Gasteiger charge is -2.46. The summed E-state index contributed by atoms with van der Waals surface area (Å²) in [5.41, 5.74) is 2.47. The Bertz CT molecular complexity index is 586. The minimum absolute atomic E-state index is 0.120. The highest BCUT2D eigenvalue weighted by Gasteiger charge is 2.45. The third-order valence-corrected chi connectivity index (χ3v) is 6.00. The predicted molar refractivity (Wildman–Crippen MR) is 100 cm³/mol. The molecule has 134 valence electrons. The molecule has 1 heterocycles. The monoisotopic (exact) mass is 396 g/mol. The summed E-state index contributed by atoms with van der Waals surface area (Å²) in [6.07, 6.45) is 0.846. The highest BCUT2D eigenvalue weighted by molar-refractivity contribution is 9.10. The van der Waals surface area contributed by atoms with Crippen LogP contribution >= 0.6 is 15.9 Å². The largest absolute Gasteiger partial charge is 0.459 e. The molecule has 0 aliphatic carbocycles. The fourth-order valence-electron chi connectivity index (χ4n) is 3.90. The van der Waals surface area contributed by atoms with Gasteiger partial charge >= 0.3 is 5.97 Å². The van der Waals surface area contributed by atoms with Crippen molar-refractivity contribution < 1.29 is 14.3 Å². The number of halogens is 1. The van der Waals surface area contributed by atoms with Gasteiger partial charge in [-0.3, -0.25) is 4.79 Å². The second-order valence-electron chi connectivity index (χ2n) is 7.13. The van der Waals surface area contributed by atoms with Gasteiger partial charge in [0, 0.05) is 23.2 Å². The summed E-state index contributed by atoms with van der Waals surface area (Å²) in [5.74, 6) is 0.568. The highest BCUT2D eigenvalue weighted by Crippen LogP contribution is 2.40. The molecule has 0 radical (unpaired) electrons. The van der Waals surface area contributed by atoms with Gasteiger partial charge in [0.05, 0.1) is 6.10 Å². The molecule has 4 heteroatoms. The molecule has 1 aromatic carbocycles. The van der Waals surface area contributed by atoms with E-state index in [0.29, 0.717) is 5.92 Å². The van der Waals surface area contributed by atoms with E-state index in [1.54, 1.807) is 0 Å². The minimum atomic E-state index is -0.234. The summed E-state index contributed by atoms with van der Waals surface area (Å²) in [5, 5.41) is 0. The van der Waals surface area contributed by atoms with Crippen molar-refractivity contribution in [2.45, 2.75) is 72.2 Å². The highest BCUT2D eigenvalue weighted by atomic mass is 79.9. The lowest BCUT2D eigenvalue weighted by atomic mass is 9.76. The van der Waals surface area contributed by atoms with Crippen LogP contribution < -0.4 is 0 Å². The number of hydrogen-bond donors (Lipinski definition) is 0. The Morgan fingerprint density at radius 2 is 2.00 bits per heavy atom. The van der Waals surface area contributed by atoms with Crippen molar-refractivity contribution in [3.8, 4) is 0 Å². The number of hydrogen-bond acceptors (Lipinski definition) is 3. The normalized spacial score (nSPS) is 31.5. The summed E-state index contributed by atoms with van der Waals surface area (Å²) < 4.78 is 13.2. The standard InChI is InChI=1S/C20H29BrO3/c1-7-18-12(3)13(4)19(23-15(6)22)20(24-18)14(5)17-9-8-16(21)10-11(17)2/h8-10,12-14,18-20H,7H2,1-6H3/t12-,13-,14+,18?,19?,20+/m0/s1. The summed E-state index contributed by atoms with van der Waals surface area (Å²) in [4.78, 5) is 11.6. The second-order valence-corrected chi connectivity index (χ2v) is 8.04. The average molecular weight is 397 g/mol. The molecule has 24 heavy (non-hydrogen) atoms. The first-order chi connectivity index (χ1) is 11.3. The first-order valence-corrected chi connectivity index (χ1v) is 9.64. The van der Waals surface area contributed by atoms with E-state index in [0.717, 1.165) is 10.9 Å². The topological polar surface area (TPSA) is 35.5 Å². The van der Waals surface area contributed by atoms with Crippen LogP contribution in [0.25, 0.3) is 0 Å². The summed E-state index contributed by atoms with van der Waals surface area (Å²) >= 11 is 3.52. The zero-order chi connectivity index (χ0) is 18.0. The van der Waals surface area contributed by atoms with Gasteiger partial charge < -0.3 is 9.47 Å². The van der Waals surface area contributed by atoms with Gasteiger partial charge in [-0.1, -0.05) is 49.7 Å². The van der Waals surface area contributed by atoms with Crippen molar-refractivity contribution in [1.82, 2.24) is 0 Å². The maximum atomic E-state index is 11.6. The predicted octanol–water partition coefficient (Wildman–Crippen LogP) is 5.24. The zero-order valence-corrected chi connectivity index (χ0v) is 17.1. The lowest BCUT2D eigenvalue weighted by molar-refractivity contribution is -0.198. The Hall–Kier alpha value is -0.870. The van der Waals surface area contributed by atoms with Crippen molar-refractivity contribution in [2.75, 3.05) is 0 Å². The number of benzene rings is 1. The molecule has 2 unspecified atom stereocenters. The van der Waals surface area contributed by atoms with Crippen LogP contribution in [0, 0.1) is 18.8 Å². The Labute approximate surface area is 154 Å². The fraction of sp³-hybridized carbons (Fsp3) is 0.650. The molecule has 1 aromatic rings. The van der Waals surface area contributed by atoms with Gasteiger partial charge in [0.1, 0.15) is 12.2 Å². The number of carbonyl (C=O) groups excluding carboxylic acids is 1. The van der Waals surface area contributed by atoms with E-state index in [1.165, 1.54) is 18.1 Å². The smallest absolute Gasteiger partial charge is 0.303 e. The van der Waals surface area contributed by atoms with E-state index < -0.39 is 0 Å². The third-order valence-electron chi connectivity index (χ3n) is 5.51. The zero-order valence-electron chi connectivity index (χ0n) is 15.5. The van der Waals surface area contributed by atoms with Crippen LogP contribution in [0.2, 0.25) is 0 Å². The maximum Gasteiger partial charge on any atom is 0.303 e. The molecular weight excluding hydrogens is 368 g/mol. The number of esters is 1. The van der Waals surface area contributed by atoms with Gasteiger partial charge in [0.25, 0.3) is 0 Å². The molecule has 1 fully saturated rings. The van der Waals surface area contributed by atoms with Gasteiger partial charge in [-0.2, -0.15) is 0 Å². The quantitative estimate of drug-likeness (QED) is 0.652. The van der Waals surface area contributed by atoms with Gasteiger partial charge in [0.2, 0.25) is 0 Å². The number of rotatable bonds is 4. The van der Waals surface area contributed by atoms with Crippen LogP contribution in [0.15, 0.2) is 22.7 Å². The van der Waals surface area contributed by atoms with Crippen molar-refractivity contribution >= 4 is 21.9 Å². The molecule has 0 N–H and O–H groups in total. The van der Waals surface area contributed by atoms with Crippen molar-refractivity contribution in [1.29, 1.82) is 0 Å². The molecule has 0 saturated carbocycles. The Kier molecular flexibility index (Phi) is 6.49. The van der Waals surface area contributed by atoms with Crippen LogP contribution in [0.5, 0.6) is 0 Å². The van der Waals surface area contributed by atoms with Crippen LogP contribution in [0.4, 0.5) is 0 Å². The summed E-state index contributed by atoms with van der Waals surface area (Å²) in [6.45, 7) is 12.3. The maximum absolute atomic E-state index is 11.6. The Balaban J connectivity index is 2.35. The van der Waals surface area contributed by atoms with E-state index in [9.17, 15) is 4.79 Å². The molecule has 0 spiro atoms. The molecule has 1 aliphatic rings. The second kappa shape index (κ2) is 8.01. The molecule has 0 aromatic heterocycles. The van der Waals surface area contributed by atoms with Crippen molar-refractivity contribution in [3.63, 3.8) is 0 Å². The van der Waals surface area contributed by atoms with Gasteiger partial charge in [-0.05, 0) is 42.5 Å². The number of carbonyl (C=O) groups is 1. The van der Waals surface area contributed by atoms with Crippen molar-refractivity contribution in [3.05, 3.63) is 33.8 Å². The van der Waals surface area contributed by atoms with Crippen molar-refractivity contribution in [2.24, 2.45) is 11.8 Å². The number of ether oxygens (including phenoxy) is 2. The van der Waals surface area contributed by atoms with Gasteiger partial charge in [0.15, 0.2) is 0 Å². The Morgan fingerprint density at radius 3 is 2.54 bits per heavy atom. The van der Waals surface area contributed by atoms with E-state index in [-0.39, 0.29) is 36.1 Å². The third kappa shape index (κ3) is 4.02. The van der Waals surface area contributed by atoms with E-state index in [4.69, 9.17) is 9.47 Å². The van der Waals surface area contributed by atoms with Gasteiger partial charge in [-0.25, -0.2) is 0 Å². The van der Waals surface area contributed by atoms with E-state index in [2.05, 4.69) is 68.7 Å². The first-order valence-electron chi connectivity index (χ1n) is 8.85. The molecule has 3 nitrogen and oxygen atoms in total. The molecule has 1 saturated heterocycles. The Morgan fingerprint density at radius 1 is 1.33 bits per heavy atom. The van der Waals surface area contributed by atoms with E-state index in [1.807, 2.05) is 0 Å². The van der Waals surface area contributed by atoms with E-state index >= 15 is 0 Å². The fourth-order valence-corrected chi connectivity index (χ4v) is 4.38. The lowest BCUT2D eigenvalue weighted by Crippen LogP contribution is -2.52. The van der Waals surface area contributed by atoms with Crippen LogP contribution in [-0.2, 0) is 14.3 Å². The summed E-state index contributed by atoms with van der Waals surface area (Å²) in [7, 11) is 0. The molecule has 6 atom stereocenters. The molecule has 1 aliphatic heterocycles. The minimum Gasteiger partial charge on any atom is -0.459 e. The van der Waals surface area contributed by atoms with Crippen LogP contribution in [0.1, 0.15) is 58.1 Å². The molecular formula is C20H29BrO3.